The van der Waals surface area contributed by atoms with Gasteiger partial charge in [-0.3, -0.25) is 4.90 Å². The summed E-state index contributed by atoms with van der Waals surface area (Å²) in [6, 6.07) is 7.11. The lowest BCUT2D eigenvalue weighted by Gasteiger charge is -2.20. The molecule has 0 aliphatic carbocycles. The lowest BCUT2D eigenvalue weighted by Crippen LogP contribution is -2.31. The minimum absolute atomic E-state index is 0.650. The highest BCUT2D eigenvalue weighted by Crippen LogP contribution is 2.19. The van der Waals surface area contributed by atoms with Crippen molar-refractivity contribution in [3.05, 3.63) is 41.5 Å². The number of likely N-dealkylation sites (tertiary alicyclic amines) is 1. The highest BCUT2D eigenvalue weighted by atomic mass is 15.4. The minimum atomic E-state index is 0.650. The van der Waals surface area contributed by atoms with Crippen LogP contribution in [0.4, 0.5) is 0 Å². The molecule has 1 saturated heterocycles. The topological polar surface area (TPSA) is 37.2 Å². The number of aryl methyl sites for hydroxylation is 2. The van der Waals surface area contributed by atoms with E-state index in [9.17, 15) is 0 Å². The number of hydrogen-bond acceptors (Lipinski definition) is 4. The normalized spacial score (nSPS) is 19.2. The monoisotopic (exact) mass is 299 g/mol. The fraction of sp³-hybridized carbons (Fsp3) is 0.529. The molecule has 0 saturated carbocycles. The van der Waals surface area contributed by atoms with Crippen molar-refractivity contribution < 1.29 is 0 Å². The molecule has 5 heteroatoms. The van der Waals surface area contributed by atoms with E-state index in [1.165, 1.54) is 17.5 Å². The highest BCUT2D eigenvalue weighted by molar-refractivity contribution is 5.42. The molecular weight excluding hydrogens is 274 g/mol. The van der Waals surface area contributed by atoms with Gasteiger partial charge in [-0.25, -0.2) is 9.67 Å². The first-order valence-electron chi connectivity index (χ1n) is 7.90. The van der Waals surface area contributed by atoms with Gasteiger partial charge in [-0.15, -0.1) is 0 Å². The zero-order chi connectivity index (χ0) is 15.7. The Bertz CT molecular complexity index is 646. The average Bonchev–Trinajstić information content (AvgIpc) is 3.11. The Morgan fingerprint density at radius 3 is 2.82 bits per heavy atom. The van der Waals surface area contributed by atoms with Crippen LogP contribution >= 0.6 is 0 Å². The van der Waals surface area contributed by atoms with Crippen LogP contribution in [0.2, 0.25) is 0 Å². The minimum Gasteiger partial charge on any atom is -0.305 e. The van der Waals surface area contributed by atoms with Gasteiger partial charge in [0.2, 0.25) is 0 Å². The van der Waals surface area contributed by atoms with Crippen molar-refractivity contribution in [3.63, 3.8) is 0 Å². The lowest BCUT2D eigenvalue weighted by molar-refractivity contribution is 0.260. The second kappa shape index (κ2) is 6.18. The second-order valence-corrected chi connectivity index (χ2v) is 6.52. The van der Waals surface area contributed by atoms with E-state index in [1.54, 1.807) is 6.33 Å². The molecule has 1 fully saturated rings. The third-order valence-corrected chi connectivity index (χ3v) is 4.55. The fourth-order valence-electron chi connectivity index (χ4n) is 3.10. The molecule has 1 atom stereocenters. The summed E-state index contributed by atoms with van der Waals surface area (Å²) in [6.07, 6.45) is 2.89. The van der Waals surface area contributed by atoms with Crippen molar-refractivity contribution in [1.29, 1.82) is 0 Å². The van der Waals surface area contributed by atoms with Gasteiger partial charge >= 0.3 is 0 Å². The molecule has 0 spiro atoms. The van der Waals surface area contributed by atoms with E-state index in [2.05, 4.69) is 66.0 Å². The number of aromatic nitrogens is 3. The zero-order valence-corrected chi connectivity index (χ0v) is 14.0. The smallest absolute Gasteiger partial charge is 0.146 e. The van der Waals surface area contributed by atoms with Gasteiger partial charge in [0, 0.05) is 19.1 Å². The first-order chi connectivity index (χ1) is 10.5. The van der Waals surface area contributed by atoms with E-state index in [4.69, 9.17) is 0 Å². The number of hydrogen-bond donors (Lipinski definition) is 0. The van der Waals surface area contributed by atoms with Crippen molar-refractivity contribution in [3.8, 4) is 5.69 Å². The van der Waals surface area contributed by atoms with Crippen LogP contribution in [-0.2, 0) is 6.54 Å². The van der Waals surface area contributed by atoms with Gasteiger partial charge in [0.1, 0.15) is 12.2 Å². The van der Waals surface area contributed by atoms with Crippen LogP contribution in [0, 0.1) is 13.8 Å². The molecule has 1 aromatic carbocycles. The molecule has 5 nitrogen and oxygen atoms in total. The SMILES string of the molecule is Cc1ccc(C)c(-n2ncnc2CN2CCC(N(C)C)C2)c1. The third-order valence-electron chi connectivity index (χ3n) is 4.55. The molecule has 22 heavy (non-hydrogen) atoms. The van der Waals surface area contributed by atoms with E-state index in [-0.39, 0.29) is 0 Å². The summed E-state index contributed by atoms with van der Waals surface area (Å²) in [5.41, 5.74) is 3.61. The van der Waals surface area contributed by atoms with Gasteiger partial charge in [0.15, 0.2) is 0 Å². The van der Waals surface area contributed by atoms with Gasteiger partial charge < -0.3 is 4.90 Å². The summed E-state index contributed by atoms with van der Waals surface area (Å²) in [5.74, 6) is 1.02. The van der Waals surface area contributed by atoms with E-state index >= 15 is 0 Å². The number of likely N-dealkylation sites (N-methyl/N-ethyl adjacent to an activating group) is 1. The second-order valence-electron chi connectivity index (χ2n) is 6.52. The van der Waals surface area contributed by atoms with Crippen LogP contribution < -0.4 is 0 Å². The first kappa shape index (κ1) is 15.2. The molecule has 0 amide bonds. The number of benzene rings is 1. The molecule has 3 rings (SSSR count). The molecule has 2 aromatic rings. The first-order valence-corrected chi connectivity index (χ1v) is 7.90. The Balaban J connectivity index is 1.80. The third kappa shape index (κ3) is 3.05. The molecule has 118 valence electrons. The predicted molar refractivity (Wildman–Crippen MR) is 88.2 cm³/mol. The van der Waals surface area contributed by atoms with E-state index in [0.717, 1.165) is 31.1 Å². The summed E-state index contributed by atoms with van der Waals surface area (Å²) >= 11 is 0. The number of nitrogens with zero attached hydrogens (tertiary/aromatic N) is 5. The molecule has 1 unspecified atom stereocenters. The summed E-state index contributed by atoms with van der Waals surface area (Å²) in [4.78, 5) is 9.28. The zero-order valence-electron chi connectivity index (χ0n) is 14.0. The van der Waals surface area contributed by atoms with Crippen molar-refractivity contribution in [2.24, 2.45) is 0 Å². The molecule has 2 heterocycles. The molecular formula is C17H25N5. The fourth-order valence-corrected chi connectivity index (χ4v) is 3.10. The summed E-state index contributed by atoms with van der Waals surface area (Å²) in [6.45, 7) is 7.33. The van der Waals surface area contributed by atoms with Gasteiger partial charge in [0.25, 0.3) is 0 Å². The van der Waals surface area contributed by atoms with Crippen molar-refractivity contribution in [2.45, 2.75) is 32.9 Å². The summed E-state index contributed by atoms with van der Waals surface area (Å²) in [5, 5.41) is 4.45. The van der Waals surface area contributed by atoms with E-state index < -0.39 is 0 Å². The van der Waals surface area contributed by atoms with Gasteiger partial charge in [-0.05, 0) is 51.6 Å². The molecule has 1 aliphatic heterocycles. The van der Waals surface area contributed by atoms with Crippen LogP contribution in [0.1, 0.15) is 23.4 Å². The summed E-state index contributed by atoms with van der Waals surface area (Å²) < 4.78 is 1.99. The highest BCUT2D eigenvalue weighted by Gasteiger charge is 2.25. The Hall–Kier alpha value is -1.72. The molecule has 0 radical (unpaired) electrons. The Morgan fingerprint density at radius 2 is 2.09 bits per heavy atom. The van der Waals surface area contributed by atoms with E-state index in [1.807, 2.05) is 4.68 Å². The van der Waals surface area contributed by atoms with Gasteiger partial charge in [-0.2, -0.15) is 5.10 Å². The quantitative estimate of drug-likeness (QED) is 0.865. The van der Waals surface area contributed by atoms with Crippen LogP contribution in [0.15, 0.2) is 24.5 Å². The largest absolute Gasteiger partial charge is 0.305 e. The van der Waals surface area contributed by atoms with E-state index in [0.29, 0.717) is 6.04 Å². The Labute approximate surface area is 132 Å². The van der Waals surface area contributed by atoms with Gasteiger partial charge in [-0.1, -0.05) is 12.1 Å². The average molecular weight is 299 g/mol. The number of rotatable bonds is 4. The molecule has 0 N–H and O–H groups in total. The maximum absolute atomic E-state index is 4.49. The molecule has 0 bridgehead atoms. The molecule has 1 aliphatic rings. The predicted octanol–water partition coefficient (Wildman–Crippen LogP) is 2.02. The van der Waals surface area contributed by atoms with Crippen LogP contribution in [0.25, 0.3) is 5.69 Å². The summed E-state index contributed by atoms with van der Waals surface area (Å²) in [7, 11) is 4.32. The van der Waals surface area contributed by atoms with Crippen LogP contribution in [0.5, 0.6) is 0 Å². The van der Waals surface area contributed by atoms with Crippen molar-refractivity contribution in [1.82, 2.24) is 24.6 Å². The van der Waals surface area contributed by atoms with Crippen LogP contribution in [0.3, 0.4) is 0 Å². The lowest BCUT2D eigenvalue weighted by atomic mass is 10.1. The van der Waals surface area contributed by atoms with Crippen molar-refractivity contribution in [2.75, 3.05) is 27.2 Å². The van der Waals surface area contributed by atoms with Crippen LogP contribution in [-0.4, -0.2) is 57.8 Å². The van der Waals surface area contributed by atoms with Gasteiger partial charge in [0.05, 0.1) is 12.2 Å². The van der Waals surface area contributed by atoms with Crippen molar-refractivity contribution >= 4 is 0 Å². The Morgan fingerprint density at radius 1 is 1.27 bits per heavy atom. The maximum atomic E-state index is 4.49. The standard InChI is InChI=1S/C17H25N5/c1-13-5-6-14(2)16(9-13)22-17(18-12-19-22)11-21-8-7-15(10-21)20(3)4/h5-6,9,12,15H,7-8,10-11H2,1-4H3. The Kier molecular flexibility index (Phi) is 4.27. The molecule has 1 aromatic heterocycles. The maximum Gasteiger partial charge on any atom is 0.146 e.